The first-order chi connectivity index (χ1) is 15.6. The molecule has 0 bridgehead atoms. The Bertz CT molecular complexity index is 1260. The molecule has 0 atom stereocenters. The summed E-state index contributed by atoms with van der Waals surface area (Å²) in [4.78, 5) is 22.1. The maximum atomic E-state index is 13.3. The largest absolute Gasteiger partial charge is 0.464 e. The van der Waals surface area contributed by atoms with Gasteiger partial charge in [0.25, 0.3) is 5.91 Å². The highest BCUT2D eigenvalue weighted by Gasteiger charge is 2.24. The van der Waals surface area contributed by atoms with E-state index in [9.17, 15) is 4.79 Å². The number of pyridine rings is 1. The van der Waals surface area contributed by atoms with E-state index in [0.29, 0.717) is 30.2 Å². The van der Waals surface area contributed by atoms with Gasteiger partial charge in [0.05, 0.1) is 11.6 Å². The number of halogens is 1. The van der Waals surface area contributed by atoms with Gasteiger partial charge in [-0.2, -0.15) is 0 Å². The van der Waals surface area contributed by atoms with Crippen molar-refractivity contribution in [3.8, 4) is 0 Å². The Morgan fingerprint density at radius 3 is 2.56 bits per heavy atom. The van der Waals surface area contributed by atoms with Crippen LogP contribution in [-0.2, 0) is 0 Å². The van der Waals surface area contributed by atoms with Crippen LogP contribution < -0.4 is 10.2 Å². The number of carbonyl (C=O) groups is 1. The first-order valence-electron chi connectivity index (χ1n) is 10.6. The fraction of sp³-hybridized carbons (Fsp3) is 0.200. The van der Waals surface area contributed by atoms with Gasteiger partial charge in [0.15, 0.2) is 0 Å². The lowest BCUT2D eigenvalue weighted by atomic mass is 10.2. The Kier molecular flexibility index (Phi) is 5.57. The standard InChI is InChI=1S/C25H23BrN4O2/c1-17-15-18(7-8-21(17)26)27-24-20-9-14-32-23(20)16-22(28-24)25(31)30-12-10-29(11-13-30)19-5-3-2-4-6-19/h2-9,14-16H,10-13H2,1H3,(H,27,28). The van der Waals surface area contributed by atoms with Crippen LogP contribution >= 0.6 is 15.9 Å². The molecule has 1 amide bonds. The van der Waals surface area contributed by atoms with Crippen molar-refractivity contribution in [1.29, 1.82) is 0 Å². The summed E-state index contributed by atoms with van der Waals surface area (Å²) >= 11 is 3.53. The molecule has 0 saturated carbocycles. The minimum absolute atomic E-state index is 0.0777. The van der Waals surface area contributed by atoms with Crippen molar-refractivity contribution in [2.45, 2.75) is 6.92 Å². The summed E-state index contributed by atoms with van der Waals surface area (Å²) in [5.74, 6) is 0.537. The van der Waals surface area contributed by atoms with E-state index in [1.807, 2.05) is 54.3 Å². The molecule has 6 nitrogen and oxygen atoms in total. The van der Waals surface area contributed by atoms with Gasteiger partial charge >= 0.3 is 0 Å². The molecule has 2 aromatic carbocycles. The molecule has 3 heterocycles. The van der Waals surface area contributed by atoms with Gasteiger partial charge in [0.1, 0.15) is 17.1 Å². The number of nitrogens with one attached hydrogen (secondary N) is 1. The molecule has 5 rings (SSSR count). The van der Waals surface area contributed by atoms with Gasteiger partial charge in [-0.1, -0.05) is 34.1 Å². The molecule has 162 valence electrons. The molecule has 0 radical (unpaired) electrons. The third kappa shape index (κ3) is 4.08. The maximum absolute atomic E-state index is 13.3. The van der Waals surface area contributed by atoms with E-state index in [1.54, 1.807) is 12.3 Å². The van der Waals surface area contributed by atoms with E-state index in [1.165, 1.54) is 5.69 Å². The number of para-hydroxylation sites is 1. The number of piperazine rings is 1. The SMILES string of the molecule is Cc1cc(Nc2nc(C(=O)N3CCN(c4ccccc4)CC3)cc3occc23)ccc1Br. The molecule has 1 fully saturated rings. The van der Waals surface area contributed by atoms with Crippen LogP contribution in [0.3, 0.4) is 0 Å². The molecule has 1 N–H and O–H groups in total. The molecule has 4 aromatic rings. The highest BCUT2D eigenvalue weighted by Crippen LogP contribution is 2.29. The second-order valence-corrected chi connectivity index (χ2v) is 8.75. The molecular formula is C25H23BrN4O2. The van der Waals surface area contributed by atoms with E-state index >= 15 is 0 Å². The van der Waals surface area contributed by atoms with Gasteiger partial charge in [-0.05, 0) is 48.9 Å². The van der Waals surface area contributed by atoms with Crippen LogP contribution in [0.4, 0.5) is 17.2 Å². The van der Waals surface area contributed by atoms with Crippen molar-refractivity contribution >= 4 is 50.0 Å². The van der Waals surface area contributed by atoms with E-state index in [2.05, 4.69) is 43.3 Å². The normalized spacial score (nSPS) is 14.1. The third-order valence-corrected chi connectivity index (χ3v) is 6.67. The van der Waals surface area contributed by atoms with Crippen LogP contribution in [0.2, 0.25) is 0 Å². The summed E-state index contributed by atoms with van der Waals surface area (Å²) < 4.78 is 6.67. The number of amides is 1. The fourth-order valence-corrected chi connectivity index (χ4v) is 4.24. The molecule has 2 aromatic heterocycles. The first-order valence-corrected chi connectivity index (χ1v) is 11.4. The number of benzene rings is 2. The van der Waals surface area contributed by atoms with Crippen molar-refractivity contribution in [1.82, 2.24) is 9.88 Å². The van der Waals surface area contributed by atoms with Crippen LogP contribution in [0.5, 0.6) is 0 Å². The van der Waals surface area contributed by atoms with E-state index in [-0.39, 0.29) is 5.91 Å². The lowest BCUT2D eigenvalue weighted by Gasteiger charge is -2.36. The molecule has 7 heteroatoms. The zero-order valence-electron chi connectivity index (χ0n) is 17.7. The number of aryl methyl sites for hydroxylation is 1. The molecule has 1 aliphatic heterocycles. The summed E-state index contributed by atoms with van der Waals surface area (Å²) in [5, 5.41) is 4.20. The Morgan fingerprint density at radius 1 is 1.03 bits per heavy atom. The average Bonchev–Trinajstić information content (AvgIpc) is 3.31. The second-order valence-electron chi connectivity index (χ2n) is 7.89. The zero-order chi connectivity index (χ0) is 22.1. The second kappa shape index (κ2) is 8.67. The van der Waals surface area contributed by atoms with Crippen LogP contribution in [-0.4, -0.2) is 42.0 Å². The number of anilines is 3. The number of rotatable bonds is 4. The number of fused-ring (bicyclic) bond motifs is 1. The lowest BCUT2D eigenvalue weighted by Crippen LogP contribution is -2.49. The third-order valence-electron chi connectivity index (χ3n) is 5.78. The number of nitrogens with zero attached hydrogens (tertiary/aromatic N) is 3. The minimum Gasteiger partial charge on any atom is -0.464 e. The van der Waals surface area contributed by atoms with E-state index < -0.39 is 0 Å². The van der Waals surface area contributed by atoms with Crippen LogP contribution in [0.25, 0.3) is 11.0 Å². The Morgan fingerprint density at radius 2 is 1.81 bits per heavy atom. The summed E-state index contributed by atoms with van der Waals surface area (Å²) in [5.41, 5.74) is 4.23. The van der Waals surface area contributed by atoms with Gasteiger partial charge in [-0.3, -0.25) is 4.79 Å². The Balaban J connectivity index is 1.37. The Labute approximate surface area is 195 Å². The molecule has 0 spiro atoms. The summed E-state index contributed by atoms with van der Waals surface area (Å²) in [7, 11) is 0. The van der Waals surface area contributed by atoms with Crippen molar-refractivity contribution in [3.05, 3.63) is 82.7 Å². The number of hydrogen-bond donors (Lipinski definition) is 1. The number of carbonyl (C=O) groups excluding carboxylic acids is 1. The molecular weight excluding hydrogens is 468 g/mol. The highest BCUT2D eigenvalue weighted by atomic mass is 79.9. The molecule has 1 saturated heterocycles. The number of furan rings is 1. The van der Waals surface area contributed by atoms with Crippen molar-refractivity contribution in [2.24, 2.45) is 0 Å². The van der Waals surface area contributed by atoms with E-state index in [0.717, 1.165) is 34.2 Å². The molecule has 32 heavy (non-hydrogen) atoms. The number of hydrogen-bond acceptors (Lipinski definition) is 5. The van der Waals surface area contributed by atoms with Crippen LogP contribution in [0, 0.1) is 6.92 Å². The average molecular weight is 491 g/mol. The monoisotopic (exact) mass is 490 g/mol. The van der Waals surface area contributed by atoms with Gasteiger partial charge < -0.3 is 19.5 Å². The van der Waals surface area contributed by atoms with Crippen molar-refractivity contribution in [3.63, 3.8) is 0 Å². The zero-order valence-corrected chi connectivity index (χ0v) is 19.3. The number of aromatic nitrogens is 1. The smallest absolute Gasteiger partial charge is 0.272 e. The molecule has 1 aliphatic rings. The van der Waals surface area contributed by atoms with E-state index in [4.69, 9.17) is 4.42 Å². The first kappa shape index (κ1) is 20.6. The fourth-order valence-electron chi connectivity index (χ4n) is 4.00. The summed E-state index contributed by atoms with van der Waals surface area (Å²) in [6.45, 7) is 4.93. The quantitative estimate of drug-likeness (QED) is 0.403. The summed E-state index contributed by atoms with van der Waals surface area (Å²) in [6.07, 6.45) is 1.62. The predicted molar refractivity (Wildman–Crippen MR) is 131 cm³/mol. The predicted octanol–water partition coefficient (Wildman–Crippen LogP) is 5.60. The van der Waals surface area contributed by atoms with Crippen molar-refractivity contribution in [2.75, 3.05) is 36.4 Å². The van der Waals surface area contributed by atoms with Gasteiger partial charge in [-0.25, -0.2) is 4.98 Å². The maximum Gasteiger partial charge on any atom is 0.272 e. The van der Waals surface area contributed by atoms with Gasteiger partial charge in [0, 0.05) is 48.1 Å². The lowest BCUT2D eigenvalue weighted by molar-refractivity contribution is 0.0741. The van der Waals surface area contributed by atoms with Crippen LogP contribution in [0.1, 0.15) is 16.1 Å². The van der Waals surface area contributed by atoms with Gasteiger partial charge in [0.2, 0.25) is 0 Å². The Hall–Kier alpha value is -3.32. The molecule has 0 aliphatic carbocycles. The van der Waals surface area contributed by atoms with Crippen molar-refractivity contribution < 1.29 is 9.21 Å². The topological polar surface area (TPSA) is 61.6 Å². The highest BCUT2D eigenvalue weighted by molar-refractivity contribution is 9.10. The minimum atomic E-state index is -0.0777. The van der Waals surface area contributed by atoms with Crippen LogP contribution in [0.15, 0.2) is 75.8 Å². The van der Waals surface area contributed by atoms with Gasteiger partial charge in [-0.15, -0.1) is 0 Å². The summed E-state index contributed by atoms with van der Waals surface area (Å²) in [6, 6.07) is 19.9. The molecule has 0 unspecified atom stereocenters.